The zero-order valence-corrected chi connectivity index (χ0v) is 15.9. The standard InChI is InChI=1S/C22H18ClN3O2/c1-15-5-6-16(13-20(15)23)7-8-21(27)25-18-3-2-4-19(14-18)26-22(28)17-9-11-24-12-10-17/h2-14H,1H3,(H,25,27)(H,26,28)/b8-7+. The highest BCUT2D eigenvalue weighted by molar-refractivity contribution is 6.31. The smallest absolute Gasteiger partial charge is 0.255 e. The average Bonchev–Trinajstić information content (AvgIpc) is 2.70. The number of hydrogen-bond acceptors (Lipinski definition) is 3. The van der Waals surface area contributed by atoms with Crippen LogP contribution in [0.5, 0.6) is 0 Å². The maximum absolute atomic E-state index is 12.2. The quantitative estimate of drug-likeness (QED) is 0.604. The number of carbonyl (C=O) groups is 2. The third kappa shape index (κ3) is 5.28. The lowest BCUT2D eigenvalue weighted by atomic mass is 10.1. The van der Waals surface area contributed by atoms with E-state index in [1.807, 2.05) is 19.1 Å². The van der Waals surface area contributed by atoms with Crippen LogP contribution in [0.25, 0.3) is 6.08 Å². The van der Waals surface area contributed by atoms with Crippen molar-refractivity contribution in [3.8, 4) is 0 Å². The number of rotatable bonds is 5. The molecule has 28 heavy (non-hydrogen) atoms. The molecule has 0 saturated carbocycles. The Morgan fingerprint density at radius 1 is 0.964 bits per heavy atom. The number of amides is 2. The molecule has 0 unspecified atom stereocenters. The zero-order valence-electron chi connectivity index (χ0n) is 15.1. The molecule has 6 heteroatoms. The van der Waals surface area contributed by atoms with Crippen LogP contribution in [0, 0.1) is 6.92 Å². The zero-order chi connectivity index (χ0) is 19.9. The van der Waals surface area contributed by atoms with Crippen LogP contribution in [-0.4, -0.2) is 16.8 Å². The second kappa shape index (κ2) is 8.97. The summed E-state index contributed by atoms with van der Waals surface area (Å²) in [5, 5.41) is 6.22. The van der Waals surface area contributed by atoms with Crippen molar-refractivity contribution in [1.29, 1.82) is 0 Å². The van der Waals surface area contributed by atoms with Crippen molar-refractivity contribution in [2.45, 2.75) is 6.92 Å². The first kappa shape index (κ1) is 19.3. The van der Waals surface area contributed by atoms with E-state index in [9.17, 15) is 9.59 Å². The fourth-order valence-electron chi connectivity index (χ4n) is 2.45. The summed E-state index contributed by atoms with van der Waals surface area (Å²) >= 11 is 6.09. The molecule has 2 N–H and O–H groups in total. The van der Waals surface area contributed by atoms with Gasteiger partial charge in [-0.15, -0.1) is 0 Å². The first-order valence-electron chi connectivity index (χ1n) is 8.58. The minimum absolute atomic E-state index is 0.248. The van der Waals surface area contributed by atoms with Crippen molar-refractivity contribution in [2.75, 3.05) is 10.6 Å². The lowest BCUT2D eigenvalue weighted by Gasteiger charge is -2.08. The van der Waals surface area contributed by atoms with E-state index < -0.39 is 0 Å². The monoisotopic (exact) mass is 391 g/mol. The van der Waals surface area contributed by atoms with E-state index in [0.717, 1.165) is 11.1 Å². The Labute approximate surface area is 168 Å². The summed E-state index contributed by atoms with van der Waals surface area (Å²) in [6.07, 6.45) is 6.23. The topological polar surface area (TPSA) is 71.1 Å². The molecule has 0 atom stereocenters. The number of carbonyl (C=O) groups excluding carboxylic acids is 2. The third-order valence-corrected chi connectivity index (χ3v) is 4.36. The fourth-order valence-corrected chi connectivity index (χ4v) is 2.64. The van der Waals surface area contributed by atoms with E-state index in [1.54, 1.807) is 60.9 Å². The van der Waals surface area contributed by atoms with Gasteiger partial charge in [-0.2, -0.15) is 0 Å². The van der Waals surface area contributed by atoms with Crippen molar-refractivity contribution in [1.82, 2.24) is 4.98 Å². The van der Waals surface area contributed by atoms with E-state index in [2.05, 4.69) is 15.6 Å². The Kier molecular flexibility index (Phi) is 6.19. The van der Waals surface area contributed by atoms with Gasteiger partial charge in [0, 0.05) is 40.4 Å². The summed E-state index contributed by atoms with van der Waals surface area (Å²) in [7, 11) is 0. The van der Waals surface area contributed by atoms with Gasteiger partial charge in [-0.1, -0.05) is 29.8 Å². The molecule has 0 fully saturated rings. The Morgan fingerprint density at radius 3 is 2.39 bits per heavy atom. The number of aryl methyl sites for hydroxylation is 1. The number of pyridine rings is 1. The number of hydrogen-bond donors (Lipinski definition) is 2. The van der Waals surface area contributed by atoms with Crippen LogP contribution in [0.2, 0.25) is 5.02 Å². The summed E-state index contributed by atoms with van der Waals surface area (Å²) in [6.45, 7) is 1.92. The molecule has 2 aromatic carbocycles. The summed E-state index contributed by atoms with van der Waals surface area (Å²) < 4.78 is 0. The molecular weight excluding hydrogens is 374 g/mol. The number of benzene rings is 2. The molecule has 3 rings (SSSR count). The van der Waals surface area contributed by atoms with Crippen molar-refractivity contribution in [3.63, 3.8) is 0 Å². The predicted molar refractivity (Wildman–Crippen MR) is 112 cm³/mol. The molecule has 5 nitrogen and oxygen atoms in total. The predicted octanol–water partition coefficient (Wildman–Crippen LogP) is 4.95. The molecular formula is C22H18ClN3O2. The summed E-state index contributed by atoms with van der Waals surface area (Å²) in [4.78, 5) is 28.3. The number of nitrogens with one attached hydrogen (secondary N) is 2. The minimum atomic E-state index is -0.283. The molecule has 140 valence electrons. The molecule has 0 radical (unpaired) electrons. The van der Waals surface area contributed by atoms with Gasteiger partial charge in [0.1, 0.15) is 0 Å². The van der Waals surface area contributed by atoms with Gasteiger partial charge in [0.2, 0.25) is 5.91 Å². The Balaban J connectivity index is 1.63. The second-order valence-corrected chi connectivity index (χ2v) is 6.51. The molecule has 1 heterocycles. The molecule has 0 spiro atoms. The van der Waals surface area contributed by atoms with Gasteiger partial charge in [0.15, 0.2) is 0 Å². The Bertz CT molecular complexity index is 1030. The van der Waals surface area contributed by atoms with Crippen LogP contribution < -0.4 is 10.6 Å². The first-order chi connectivity index (χ1) is 13.5. The highest BCUT2D eigenvalue weighted by atomic mass is 35.5. The van der Waals surface area contributed by atoms with Gasteiger partial charge in [-0.3, -0.25) is 14.6 Å². The summed E-state index contributed by atoms with van der Waals surface area (Å²) in [5.41, 5.74) is 3.47. The number of halogens is 1. The van der Waals surface area contributed by atoms with Crippen LogP contribution in [0.15, 0.2) is 73.1 Å². The lowest BCUT2D eigenvalue weighted by molar-refractivity contribution is -0.111. The van der Waals surface area contributed by atoms with Crippen LogP contribution in [0.1, 0.15) is 21.5 Å². The van der Waals surface area contributed by atoms with Gasteiger partial charge < -0.3 is 10.6 Å². The van der Waals surface area contributed by atoms with Crippen molar-refractivity contribution in [2.24, 2.45) is 0 Å². The minimum Gasteiger partial charge on any atom is -0.322 e. The number of anilines is 2. The summed E-state index contributed by atoms with van der Waals surface area (Å²) in [6, 6.07) is 15.8. The van der Waals surface area contributed by atoms with Crippen LogP contribution in [0.3, 0.4) is 0 Å². The van der Waals surface area contributed by atoms with Crippen molar-refractivity contribution >= 4 is 40.9 Å². The van der Waals surface area contributed by atoms with Gasteiger partial charge in [-0.25, -0.2) is 0 Å². The van der Waals surface area contributed by atoms with Gasteiger partial charge in [0.25, 0.3) is 5.91 Å². The molecule has 0 aliphatic rings. The third-order valence-electron chi connectivity index (χ3n) is 3.95. The fraction of sp³-hybridized carbons (Fsp3) is 0.0455. The SMILES string of the molecule is Cc1ccc(/C=C/C(=O)Nc2cccc(NC(=O)c3ccncc3)c2)cc1Cl. The normalized spacial score (nSPS) is 10.6. The van der Waals surface area contributed by atoms with Gasteiger partial charge in [-0.05, 0) is 60.5 Å². The lowest BCUT2D eigenvalue weighted by Crippen LogP contribution is -2.12. The van der Waals surface area contributed by atoms with E-state index in [4.69, 9.17) is 11.6 Å². The first-order valence-corrected chi connectivity index (χ1v) is 8.96. The van der Waals surface area contributed by atoms with E-state index in [1.165, 1.54) is 6.08 Å². The average molecular weight is 392 g/mol. The summed E-state index contributed by atoms with van der Waals surface area (Å²) in [5.74, 6) is -0.531. The van der Waals surface area contributed by atoms with Crippen LogP contribution in [-0.2, 0) is 4.79 Å². The molecule has 1 aromatic heterocycles. The van der Waals surface area contributed by atoms with E-state index >= 15 is 0 Å². The van der Waals surface area contributed by atoms with Crippen molar-refractivity contribution in [3.05, 3.63) is 94.8 Å². The molecule has 0 bridgehead atoms. The van der Waals surface area contributed by atoms with Crippen LogP contribution in [0.4, 0.5) is 11.4 Å². The molecule has 3 aromatic rings. The molecule has 2 amide bonds. The van der Waals surface area contributed by atoms with Crippen molar-refractivity contribution < 1.29 is 9.59 Å². The Morgan fingerprint density at radius 2 is 1.68 bits per heavy atom. The molecule has 0 saturated heterocycles. The second-order valence-electron chi connectivity index (χ2n) is 6.10. The number of aromatic nitrogens is 1. The van der Waals surface area contributed by atoms with E-state index in [0.29, 0.717) is 22.0 Å². The highest BCUT2D eigenvalue weighted by Crippen LogP contribution is 2.18. The molecule has 0 aliphatic heterocycles. The highest BCUT2D eigenvalue weighted by Gasteiger charge is 2.06. The maximum atomic E-state index is 12.2. The van der Waals surface area contributed by atoms with Crippen LogP contribution >= 0.6 is 11.6 Å². The maximum Gasteiger partial charge on any atom is 0.255 e. The molecule has 0 aliphatic carbocycles. The van der Waals surface area contributed by atoms with Gasteiger partial charge in [0.05, 0.1) is 0 Å². The number of nitrogens with zero attached hydrogens (tertiary/aromatic N) is 1. The van der Waals surface area contributed by atoms with E-state index in [-0.39, 0.29) is 11.8 Å². The Hall–Kier alpha value is -3.44. The van der Waals surface area contributed by atoms with Gasteiger partial charge >= 0.3 is 0 Å². The largest absolute Gasteiger partial charge is 0.322 e.